The molecule has 1 atom stereocenters. The van der Waals surface area contributed by atoms with Crippen molar-refractivity contribution in [3.8, 4) is 0 Å². The lowest BCUT2D eigenvalue weighted by Gasteiger charge is -2.31. The van der Waals surface area contributed by atoms with Crippen LogP contribution in [0.2, 0.25) is 0 Å². The fraction of sp³-hybridized carbons (Fsp3) is 1.00. The second-order valence-electron chi connectivity index (χ2n) is 4.92. The van der Waals surface area contributed by atoms with Gasteiger partial charge in [-0.05, 0) is 39.2 Å². The molecule has 1 aliphatic rings. The molecule has 0 aliphatic carbocycles. The van der Waals surface area contributed by atoms with E-state index in [4.69, 9.17) is 10.5 Å². The zero-order chi connectivity index (χ0) is 13.6. The van der Waals surface area contributed by atoms with Gasteiger partial charge in [0.2, 0.25) is 0 Å². The summed E-state index contributed by atoms with van der Waals surface area (Å²) in [6.45, 7) is 6.20. The average molecular weight is 279 g/mol. The van der Waals surface area contributed by atoms with E-state index in [2.05, 4.69) is 4.72 Å². The Balaban J connectivity index is 2.38. The number of hydrogen-bond acceptors (Lipinski definition) is 4. The number of hydrogen-bond donors (Lipinski definition) is 2. The van der Waals surface area contributed by atoms with Crippen LogP contribution in [0.4, 0.5) is 0 Å². The monoisotopic (exact) mass is 279 g/mol. The number of nitrogens with two attached hydrogens (primary N) is 1. The Morgan fingerprint density at radius 2 is 2.22 bits per heavy atom. The molecule has 0 amide bonds. The molecule has 7 heteroatoms. The van der Waals surface area contributed by atoms with Crippen LogP contribution in [0.5, 0.6) is 0 Å². The first kappa shape index (κ1) is 15.8. The molecule has 0 bridgehead atoms. The van der Waals surface area contributed by atoms with Crippen LogP contribution >= 0.6 is 0 Å². The molecule has 0 spiro atoms. The Morgan fingerprint density at radius 1 is 1.50 bits per heavy atom. The Bertz CT molecular complexity index is 332. The minimum Gasteiger partial charge on any atom is -0.377 e. The highest BCUT2D eigenvalue weighted by Gasteiger charge is 2.27. The van der Waals surface area contributed by atoms with Gasteiger partial charge < -0.3 is 10.5 Å². The Morgan fingerprint density at radius 3 is 2.83 bits per heavy atom. The van der Waals surface area contributed by atoms with Crippen LogP contribution in [0.1, 0.15) is 26.7 Å². The fourth-order valence-corrected chi connectivity index (χ4v) is 3.29. The number of nitrogens with zero attached hydrogens (tertiary/aromatic N) is 1. The Labute approximate surface area is 110 Å². The van der Waals surface area contributed by atoms with E-state index in [9.17, 15) is 8.42 Å². The summed E-state index contributed by atoms with van der Waals surface area (Å²) >= 11 is 0. The first-order chi connectivity index (χ1) is 8.45. The van der Waals surface area contributed by atoms with Gasteiger partial charge in [0.15, 0.2) is 0 Å². The molecule has 1 fully saturated rings. The van der Waals surface area contributed by atoms with E-state index >= 15 is 0 Å². The van der Waals surface area contributed by atoms with Crippen molar-refractivity contribution in [3.63, 3.8) is 0 Å². The summed E-state index contributed by atoms with van der Waals surface area (Å²) < 4.78 is 33.4. The van der Waals surface area contributed by atoms with Crippen LogP contribution in [-0.4, -0.2) is 51.6 Å². The second kappa shape index (κ2) is 7.40. The molecule has 0 aromatic carbocycles. The van der Waals surface area contributed by atoms with E-state index in [0.29, 0.717) is 32.8 Å². The molecule has 0 saturated carbocycles. The summed E-state index contributed by atoms with van der Waals surface area (Å²) in [4.78, 5) is 0. The predicted molar refractivity (Wildman–Crippen MR) is 71.4 cm³/mol. The van der Waals surface area contributed by atoms with Crippen LogP contribution in [0.3, 0.4) is 0 Å². The van der Waals surface area contributed by atoms with Gasteiger partial charge in [-0.15, -0.1) is 0 Å². The molecule has 1 unspecified atom stereocenters. The van der Waals surface area contributed by atoms with Gasteiger partial charge in [0.25, 0.3) is 10.2 Å². The first-order valence-corrected chi connectivity index (χ1v) is 7.96. The third-order valence-corrected chi connectivity index (χ3v) is 4.57. The van der Waals surface area contributed by atoms with E-state index in [1.807, 2.05) is 13.8 Å². The first-order valence-electron chi connectivity index (χ1n) is 6.52. The zero-order valence-electron chi connectivity index (χ0n) is 11.3. The summed E-state index contributed by atoms with van der Waals surface area (Å²) in [7, 11) is -3.38. The third kappa shape index (κ3) is 5.19. The highest BCUT2D eigenvalue weighted by atomic mass is 32.2. The van der Waals surface area contributed by atoms with Gasteiger partial charge in [-0.25, -0.2) is 0 Å². The van der Waals surface area contributed by atoms with Gasteiger partial charge in [0.1, 0.15) is 0 Å². The molecule has 1 rings (SSSR count). The van der Waals surface area contributed by atoms with Gasteiger partial charge >= 0.3 is 0 Å². The van der Waals surface area contributed by atoms with E-state index in [1.54, 1.807) is 0 Å². The quantitative estimate of drug-likeness (QED) is 0.638. The summed E-state index contributed by atoms with van der Waals surface area (Å²) in [6.07, 6.45) is 2.01. The van der Waals surface area contributed by atoms with Crippen molar-refractivity contribution < 1.29 is 13.2 Å². The summed E-state index contributed by atoms with van der Waals surface area (Å²) in [5.74, 6) is 0.280. The topological polar surface area (TPSA) is 84.7 Å². The van der Waals surface area contributed by atoms with Gasteiger partial charge in [0, 0.05) is 19.6 Å². The van der Waals surface area contributed by atoms with Crippen molar-refractivity contribution in [1.29, 1.82) is 0 Å². The smallest absolute Gasteiger partial charge is 0.279 e. The molecular weight excluding hydrogens is 254 g/mol. The number of piperidine rings is 1. The molecule has 18 heavy (non-hydrogen) atoms. The van der Waals surface area contributed by atoms with Gasteiger partial charge in [-0.1, -0.05) is 0 Å². The van der Waals surface area contributed by atoms with E-state index < -0.39 is 10.2 Å². The second-order valence-corrected chi connectivity index (χ2v) is 6.68. The van der Waals surface area contributed by atoms with Crippen molar-refractivity contribution in [2.24, 2.45) is 11.7 Å². The normalized spacial score (nSPS) is 22.6. The van der Waals surface area contributed by atoms with E-state index in [1.165, 1.54) is 4.31 Å². The van der Waals surface area contributed by atoms with Crippen molar-refractivity contribution in [2.75, 3.05) is 32.8 Å². The van der Waals surface area contributed by atoms with Crippen LogP contribution in [0, 0.1) is 5.92 Å². The van der Waals surface area contributed by atoms with E-state index in [0.717, 1.165) is 12.8 Å². The van der Waals surface area contributed by atoms with Crippen molar-refractivity contribution in [1.82, 2.24) is 9.03 Å². The lowest BCUT2D eigenvalue weighted by atomic mass is 10.0. The molecule has 6 nitrogen and oxygen atoms in total. The highest BCUT2D eigenvalue weighted by molar-refractivity contribution is 7.87. The number of nitrogens with one attached hydrogen (secondary N) is 1. The summed E-state index contributed by atoms with van der Waals surface area (Å²) in [6, 6.07) is 0. The summed E-state index contributed by atoms with van der Waals surface area (Å²) in [5.41, 5.74) is 5.60. The van der Waals surface area contributed by atoms with E-state index in [-0.39, 0.29) is 12.0 Å². The standard InChI is InChI=1S/C11H25N3O3S/c1-10(2)17-7-5-13-18(15,16)14-6-3-4-11(8-12)9-14/h10-11,13H,3-9,12H2,1-2H3. The number of ether oxygens (including phenoxy) is 1. The lowest BCUT2D eigenvalue weighted by molar-refractivity contribution is 0.0830. The van der Waals surface area contributed by atoms with Gasteiger partial charge in [-0.2, -0.15) is 17.4 Å². The van der Waals surface area contributed by atoms with Crippen LogP contribution in [0.25, 0.3) is 0 Å². The lowest BCUT2D eigenvalue weighted by Crippen LogP contribution is -2.47. The van der Waals surface area contributed by atoms with Crippen molar-refractivity contribution in [3.05, 3.63) is 0 Å². The summed E-state index contributed by atoms with van der Waals surface area (Å²) in [5, 5.41) is 0. The maximum Gasteiger partial charge on any atom is 0.279 e. The molecule has 108 valence electrons. The zero-order valence-corrected chi connectivity index (χ0v) is 12.1. The van der Waals surface area contributed by atoms with Crippen LogP contribution in [-0.2, 0) is 14.9 Å². The highest BCUT2D eigenvalue weighted by Crippen LogP contribution is 2.17. The predicted octanol–water partition coefficient (Wildman–Crippen LogP) is -0.0835. The molecule has 0 radical (unpaired) electrons. The van der Waals surface area contributed by atoms with Crippen LogP contribution < -0.4 is 10.5 Å². The van der Waals surface area contributed by atoms with Crippen LogP contribution in [0.15, 0.2) is 0 Å². The van der Waals surface area contributed by atoms with Gasteiger partial charge in [0.05, 0.1) is 12.7 Å². The Kier molecular flexibility index (Phi) is 6.51. The molecule has 3 N–H and O–H groups in total. The number of rotatable bonds is 7. The molecule has 1 heterocycles. The van der Waals surface area contributed by atoms with Crippen molar-refractivity contribution >= 4 is 10.2 Å². The van der Waals surface area contributed by atoms with Gasteiger partial charge in [-0.3, -0.25) is 0 Å². The largest absolute Gasteiger partial charge is 0.377 e. The Hall–Kier alpha value is -0.210. The molecule has 1 aliphatic heterocycles. The SMILES string of the molecule is CC(C)OCCNS(=O)(=O)N1CCCC(CN)C1. The minimum atomic E-state index is -3.38. The fourth-order valence-electron chi connectivity index (χ4n) is 1.99. The molecule has 0 aromatic heterocycles. The molecular formula is C11H25N3O3S. The third-order valence-electron chi connectivity index (χ3n) is 2.99. The van der Waals surface area contributed by atoms with Crippen molar-refractivity contribution in [2.45, 2.75) is 32.8 Å². The molecule has 1 saturated heterocycles. The molecule has 0 aromatic rings. The average Bonchev–Trinajstić information content (AvgIpc) is 2.34. The maximum absolute atomic E-state index is 12.0. The minimum absolute atomic E-state index is 0.117. The maximum atomic E-state index is 12.0.